The van der Waals surface area contributed by atoms with Gasteiger partial charge >= 0.3 is 0 Å². The van der Waals surface area contributed by atoms with E-state index in [-0.39, 0.29) is 22.3 Å². The zero-order chi connectivity index (χ0) is 33.4. The minimum atomic E-state index is -2.14. The van der Waals surface area contributed by atoms with Gasteiger partial charge in [-0.15, -0.1) is 0 Å². The van der Waals surface area contributed by atoms with Gasteiger partial charge in [-0.1, -0.05) is 121 Å². The maximum Gasteiger partial charge on any atom is 0.258 e. The van der Waals surface area contributed by atoms with Crippen molar-refractivity contribution in [1.29, 1.82) is 0 Å². The van der Waals surface area contributed by atoms with Gasteiger partial charge in [0.2, 0.25) is 0 Å². The Morgan fingerprint density at radius 3 is 1.98 bits per heavy atom. The number of rotatable bonds is 17. The molecule has 0 fully saturated rings. The Balaban J connectivity index is 2.84. The van der Waals surface area contributed by atoms with Crippen LogP contribution in [0, 0.1) is 5.41 Å². The summed E-state index contributed by atoms with van der Waals surface area (Å²) >= 11 is 2.43. The largest absolute Gasteiger partial charge is 0.541 e. The Bertz CT molecular complexity index is 1020. The molecule has 0 aromatic rings. The average molecular weight is 743 g/mol. The minimum absolute atomic E-state index is 0.160. The predicted octanol–water partition coefficient (Wildman–Crippen LogP) is 12.7. The molecule has 0 N–H and O–H groups in total. The number of halogens is 1. The van der Waals surface area contributed by atoms with Crippen LogP contribution in [0.4, 0.5) is 0 Å². The van der Waals surface area contributed by atoms with E-state index in [2.05, 4.69) is 150 Å². The number of ketones is 1. The molecular weight excluding hydrogens is 675 g/mol. The van der Waals surface area contributed by atoms with Gasteiger partial charge in [0.25, 0.3) is 8.32 Å². The molecular formula is C37H67IO3Si2. The number of Topliss-reactive ketones (excluding diaryl/α,β-unsaturated/α-hetero) is 1. The topological polar surface area (TPSA) is 35.5 Å². The molecule has 0 aliphatic heterocycles. The van der Waals surface area contributed by atoms with Crippen molar-refractivity contribution in [2.45, 2.75) is 169 Å². The SMILES string of the molecule is C/C(=C\C[C@]1(C)C=C(O[Si](C(C)C)(C(C)C)C(C)C)C(=O)C1)CC/C=C(\C)CC[C@H](O[Si](C)(C)C(C)(C)C)/C(C)=C/CI. The third-order valence-corrected chi connectivity index (χ3v) is 21.1. The van der Waals surface area contributed by atoms with Crippen LogP contribution in [-0.4, -0.2) is 32.9 Å². The van der Waals surface area contributed by atoms with Gasteiger partial charge < -0.3 is 8.85 Å². The van der Waals surface area contributed by atoms with Crippen LogP contribution in [0.3, 0.4) is 0 Å². The molecule has 1 rings (SSSR count). The van der Waals surface area contributed by atoms with Crippen molar-refractivity contribution >= 4 is 45.0 Å². The lowest BCUT2D eigenvalue weighted by molar-refractivity contribution is -0.117. The van der Waals surface area contributed by atoms with E-state index in [1.807, 2.05) is 0 Å². The first-order valence-corrected chi connectivity index (χ1v) is 23.4. The predicted molar refractivity (Wildman–Crippen MR) is 203 cm³/mol. The summed E-state index contributed by atoms with van der Waals surface area (Å²) in [5, 5.41) is 0.209. The first-order valence-electron chi connectivity index (χ1n) is 16.8. The van der Waals surface area contributed by atoms with Crippen LogP contribution in [0.5, 0.6) is 0 Å². The number of carbonyl (C=O) groups excluding carboxylic acids is 1. The highest BCUT2D eigenvalue weighted by atomic mass is 127. The fourth-order valence-electron chi connectivity index (χ4n) is 6.35. The molecule has 6 heteroatoms. The van der Waals surface area contributed by atoms with Gasteiger partial charge in [-0.05, 0) is 99.3 Å². The molecule has 1 aliphatic carbocycles. The summed E-state index contributed by atoms with van der Waals surface area (Å²) in [4.78, 5) is 13.1. The van der Waals surface area contributed by atoms with Crippen LogP contribution >= 0.6 is 22.6 Å². The van der Waals surface area contributed by atoms with Crippen LogP contribution in [0.2, 0.25) is 34.8 Å². The monoisotopic (exact) mass is 742 g/mol. The van der Waals surface area contributed by atoms with Crippen molar-refractivity contribution < 1.29 is 13.6 Å². The maximum absolute atomic E-state index is 13.1. The number of alkyl halides is 1. The first-order chi connectivity index (χ1) is 19.6. The lowest BCUT2D eigenvalue weighted by Gasteiger charge is -2.42. The summed E-state index contributed by atoms with van der Waals surface area (Å²) in [5.74, 6) is 0.833. The number of hydrogen-bond donors (Lipinski definition) is 0. The van der Waals surface area contributed by atoms with Crippen molar-refractivity contribution in [2.24, 2.45) is 5.41 Å². The molecule has 0 aromatic carbocycles. The summed E-state index contributed by atoms with van der Waals surface area (Å²) in [7, 11) is -3.97. The van der Waals surface area contributed by atoms with Crippen molar-refractivity contribution in [1.82, 2.24) is 0 Å². The highest BCUT2D eigenvalue weighted by Crippen LogP contribution is 2.47. The van der Waals surface area contributed by atoms with E-state index in [1.165, 1.54) is 16.7 Å². The van der Waals surface area contributed by atoms with Crippen molar-refractivity contribution in [3.8, 4) is 0 Å². The lowest BCUT2D eigenvalue weighted by atomic mass is 9.85. The van der Waals surface area contributed by atoms with E-state index in [1.54, 1.807) is 0 Å². The molecule has 0 saturated carbocycles. The second-order valence-electron chi connectivity index (χ2n) is 16.0. The molecule has 1 aliphatic rings. The lowest BCUT2D eigenvalue weighted by Crippen LogP contribution is -2.47. The molecule has 0 amide bonds. The minimum Gasteiger partial charge on any atom is -0.541 e. The molecule has 43 heavy (non-hydrogen) atoms. The molecule has 0 bridgehead atoms. The first kappa shape index (κ1) is 40.6. The fraction of sp³-hybridized carbons (Fsp3) is 0.757. The van der Waals surface area contributed by atoms with Crippen LogP contribution in [-0.2, 0) is 13.6 Å². The summed E-state index contributed by atoms with van der Waals surface area (Å²) in [6.07, 6.45) is 15.1. The van der Waals surface area contributed by atoms with Crippen LogP contribution in [0.15, 0.2) is 46.8 Å². The van der Waals surface area contributed by atoms with E-state index in [0.717, 1.165) is 36.5 Å². The molecule has 2 atom stereocenters. The summed E-state index contributed by atoms with van der Waals surface area (Å²) in [6, 6.07) is 0. The summed E-state index contributed by atoms with van der Waals surface area (Å²) < 4.78 is 14.7. The van der Waals surface area contributed by atoms with Gasteiger partial charge in [0.1, 0.15) is 5.76 Å². The zero-order valence-corrected chi connectivity index (χ0v) is 34.8. The Morgan fingerprint density at radius 1 is 0.953 bits per heavy atom. The van der Waals surface area contributed by atoms with Crippen LogP contribution in [0.25, 0.3) is 0 Å². The van der Waals surface area contributed by atoms with Gasteiger partial charge in [0.15, 0.2) is 14.1 Å². The summed E-state index contributed by atoms with van der Waals surface area (Å²) in [6.45, 7) is 34.3. The summed E-state index contributed by atoms with van der Waals surface area (Å²) in [5.41, 5.74) is 5.43. The van der Waals surface area contributed by atoms with Gasteiger partial charge in [0, 0.05) is 16.3 Å². The fourth-order valence-corrected chi connectivity index (χ4v) is 13.7. The third-order valence-electron chi connectivity index (χ3n) is 10.2. The molecule has 0 heterocycles. The second kappa shape index (κ2) is 16.9. The highest BCUT2D eigenvalue weighted by Gasteiger charge is 2.49. The van der Waals surface area contributed by atoms with E-state index in [9.17, 15) is 4.79 Å². The Hall–Kier alpha value is -0.446. The number of allylic oxidation sites excluding steroid dienone is 7. The Labute approximate surface area is 283 Å². The third kappa shape index (κ3) is 11.7. The average Bonchev–Trinajstić information content (AvgIpc) is 3.15. The molecule has 0 spiro atoms. The quantitative estimate of drug-likeness (QED) is 0.0644. The van der Waals surface area contributed by atoms with Crippen molar-refractivity contribution in [3.05, 3.63) is 46.8 Å². The molecule has 0 unspecified atom stereocenters. The normalized spacial score (nSPS) is 20.5. The molecule has 248 valence electrons. The molecule has 0 radical (unpaired) electrons. The smallest absolute Gasteiger partial charge is 0.258 e. The number of hydrogen-bond acceptors (Lipinski definition) is 3. The number of carbonyl (C=O) groups is 1. The molecule has 0 aromatic heterocycles. The van der Waals surface area contributed by atoms with E-state index >= 15 is 0 Å². The van der Waals surface area contributed by atoms with Gasteiger partial charge in [-0.25, -0.2) is 0 Å². The molecule has 3 nitrogen and oxygen atoms in total. The van der Waals surface area contributed by atoms with E-state index < -0.39 is 16.6 Å². The van der Waals surface area contributed by atoms with Gasteiger partial charge in [-0.2, -0.15) is 0 Å². The van der Waals surface area contributed by atoms with E-state index in [0.29, 0.717) is 28.8 Å². The van der Waals surface area contributed by atoms with Gasteiger partial charge in [-0.3, -0.25) is 4.79 Å². The Kier molecular flexibility index (Phi) is 16.0. The van der Waals surface area contributed by atoms with Crippen LogP contribution in [0.1, 0.15) is 129 Å². The maximum atomic E-state index is 13.1. The zero-order valence-electron chi connectivity index (χ0n) is 30.7. The second-order valence-corrected chi connectivity index (χ2v) is 27.0. The van der Waals surface area contributed by atoms with Crippen molar-refractivity contribution in [2.75, 3.05) is 4.43 Å². The Morgan fingerprint density at radius 2 is 1.49 bits per heavy atom. The van der Waals surface area contributed by atoms with Crippen molar-refractivity contribution in [3.63, 3.8) is 0 Å². The highest BCUT2D eigenvalue weighted by molar-refractivity contribution is 14.1. The van der Waals surface area contributed by atoms with Crippen LogP contribution < -0.4 is 0 Å². The van der Waals surface area contributed by atoms with Gasteiger partial charge in [0.05, 0.1) is 6.10 Å². The van der Waals surface area contributed by atoms with E-state index in [4.69, 9.17) is 8.85 Å². The standard InChI is InChI=1S/C37H67IO3Si2/c1-27(2)43(28(3)4,29(5)6)41-35-26-37(13,25-33(35)39)23-21-31(8)18-16-17-30(7)19-20-34(32(9)22-24-38)40-42(14,15)36(10,11)12/h17,21-22,26-29,34H,16,18-20,23-25H2,1-15H3/b30-17+,31-21+,32-22+/t34-,37-/m0/s1. The molecule has 0 saturated heterocycles.